The van der Waals surface area contributed by atoms with Gasteiger partial charge in [0.2, 0.25) is 0 Å². The molecule has 0 saturated carbocycles. The molecule has 1 rings (SSSR count). The monoisotopic (exact) mass is 210 g/mol. The van der Waals surface area contributed by atoms with Crippen molar-refractivity contribution in [1.29, 1.82) is 0 Å². The first-order chi connectivity index (χ1) is 6.79. The van der Waals surface area contributed by atoms with E-state index < -0.39 is 0 Å². The van der Waals surface area contributed by atoms with E-state index in [-0.39, 0.29) is 0 Å². The first-order valence-electron chi connectivity index (χ1n) is 4.65. The highest BCUT2D eigenvalue weighted by Gasteiger charge is 2.02. The molecule has 0 atom stereocenters. The zero-order chi connectivity index (χ0) is 10.4. The molecule has 0 heterocycles. The Bertz CT molecular complexity index is 318. The highest BCUT2D eigenvalue weighted by atomic mass is 35.5. The number of para-hydroxylation sites is 1. The van der Waals surface area contributed by atoms with Crippen LogP contribution in [-0.2, 0) is 0 Å². The van der Waals surface area contributed by atoms with Crippen molar-refractivity contribution >= 4 is 17.2 Å². The number of allylic oxidation sites excluding steroid dienone is 2. The molecule has 1 nitrogen and oxygen atoms in total. The van der Waals surface area contributed by atoms with Crippen molar-refractivity contribution in [1.82, 2.24) is 0 Å². The van der Waals surface area contributed by atoms with Gasteiger partial charge in [-0.05, 0) is 25.0 Å². The Morgan fingerprint density at radius 3 is 2.79 bits per heavy atom. The zero-order valence-corrected chi connectivity index (χ0v) is 9.34. The lowest BCUT2D eigenvalue weighted by Crippen LogP contribution is -1.89. The summed E-state index contributed by atoms with van der Waals surface area (Å²) in [5.74, 6) is 1.57. The molecule has 0 fully saturated rings. The summed E-state index contributed by atoms with van der Waals surface area (Å²) in [5.41, 5.74) is 2.35. The molecular weight excluding hydrogens is 196 g/mol. The lowest BCUT2D eigenvalue weighted by atomic mass is 10.1. The Morgan fingerprint density at radius 1 is 1.43 bits per heavy atom. The van der Waals surface area contributed by atoms with Gasteiger partial charge in [0.15, 0.2) is 0 Å². The predicted octanol–water partition coefficient (Wildman–Crippen LogP) is 3.73. The van der Waals surface area contributed by atoms with Crippen LogP contribution in [0.15, 0.2) is 30.3 Å². The summed E-state index contributed by atoms with van der Waals surface area (Å²) in [5, 5.41) is 0. The van der Waals surface area contributed by atoms with Gasteiger partial charge in [0, 0.05) is 11.4 Å². The lowest BCUT2D eigenvalue weighted by Gasteiger charge is -2.07. The van der Waals surface area contributed by atoms with Gasteiger partial charge in [-0.25, -0.2) is 0 Å². The van der Waals surface area contributed by atoms with Crippen LogP contribution in [0.25, 0.3) is 5.57 Å². The van der Waals surface area contributed by atoms with Crippen LogP contribution in [0.1, 0.15) is 18.9 Å². The summed E-state index contributed by atoms with van der Waals surface area (Å²) >= 11 is 5.63. The van der Waals surface area contributed by atoms with E-state index >= 15 is 0 Å². The minimum absolute atomic E-state index is 0.659. The summed E-state index contributed by atoms with van der Waals surface area (Å²) in [6, 6.07) is 8.00. The van der Waals surface area contributed by atoms with Crippen LogP contribution in [0.4, 0.5) is 0 Å². The number of alkyl halides is 1. The molecule has 0 N–H and O–H groups in total. The van der Waals surface area contributed by atoms with E-state index in [9.17, 15) is 0 Å². The fourth-order valence-corrected chi connectivity index (χ4v) is 1.46. The van der Waals surface area contributed by atoms with E-state index in [2.05, 4.69) is 19.1 Å². The quantitative estimate of drug-likeness (QED) is 0.689. The van der Waals surface area contributed by atoms with Gasteiger partial charge in [-0.2, -0.15) is 0 Å². The minimum Gasteiger partial charge on any atom is -0.496 e. The maximum Gasteiger partial charge on any atom is 0.126 e. The summed E-state index contributed by atoms with van der Waals surface area (Å²) in [7, 11) is 1.69. The topological polar surface area (TPSA) is 9.23 Å². The van der Waals surface area contributed by atoms with Crippen molar-refractivity contribution < 1.29 is 4.74 Å². The second kappa shape index (κ2) is 5.71. The number of methoxy groups -OCH3 is 1. The zero-order valence-electron chi connectivity index (χ0n) is 8.59. The maximum atomic E-state index is 5.63. The third-order valence-electron chi connectivity index (χ3n) is 2.09. The van der Waals surface area contributed by atoms with Crippen molar-refractivity contribution in [2.24, 2.45) is 0 Å². The molecule has 0 bridgehead atoms. The van der Waals surface area contributed by atoms with Crippen LogP contribution in [0.2, 0.25) is 0 Å². The lowest BCUT2D eigenvalue weighted by molar-refractivity contribution is 0.413. The standard InChI is InChI=1S/C12H15ClO/c1-10(6-5-9-13)11-7-3-4-8-12(11)14-2/h3-4,6-8H,5,9H2,1-2H3/b10-6+. The molecule has 76 valence electrons. The number of hydrogen-bond acceptors (Lipinski definition) is 1. The van der Waals surface area contributed by atoms with Gasteiger partial charge in [0.05, 0.1) is 7.11 Å². The van der Waals surface area contributed by atoms with Crippen molar-refractivity contribution in [3.05, 3.63) is 35.9 Å². The van der Waals surface area contributed by atoms with Gasteiger partial charge in [-0.1, -0.05) is 24.3 Å². The van der Waals surface area contributed by atoms with Crippen LogP contribution in [-0.4, -0.2) is 13.0 Å². The number of halogens is 1. The SMILES string of the molecule is COc1ccccc1/C(C)=C/CCCl. The molecule has 0 spiro atoms. The van der Waals surface area contributed by atoms with Crippen molar-refractivity contribution in [2.75, 3.05) is 13.0 Å². The molecular formula is C12H15ClO. The minimum atomic E-state index is 0.659. The summed E-state index contributed by atoms with van der Waals surface area (Å²) in [6.45, 7) is 2.07. The highest BCUT2D eigenvalue weighted by Crippen LogP contribution is 2.25. The number of hydrogen-bond donors (Lipinski definition) is 0. The van der Waals surface area contributed by atoms with E-state index in [1.807, 2.05) is 18.2 Å². The summed E-state index contributed by atoms with van der Waals surface area (Å²) < 4.78 is 5.27. The van der Waals surface area contributed by atoms with Gasteiger partial charge in [0.1, 0.15) is 5.75 Å². The van der Waals surface area contributed by atoms with Gasteiger partial charge in [0.25, 0.3) is 0 Å². The van der Waals surface area contributed by atoms with E-state index in [0.717, 1.165) is 17.7 Å². The Morgan fingerprint density at radius 2 is 2.14 bits per heavy atom. The van der Waals surface area contributed by atoms with Crippen LogP contribution in [0.3, 0.4) is 0 Å². The molecule has 0 saturated heterocycles. The third kappa shape index (κ3) is 2.78. The van der Waals surface area contributed by atoms with Crippen LogP contribution in [0, 0.1) is 0 Å². The first-order valence-corrected chi connectivity index (χ1v) is 5.19. The molecule has 1 aromatic carbocycles. The molecule has 1 aromatic rings. The van der Waals surface area contributed by atoms with Gasteiger partial charge in [-0.15, -0.1) is 11.6 Å². The molecule has 0 aliphatic rings. The molecule has 0 aliphatic carbocycles. The van der Waals surface area contributed by atoms with E-state index in [1.165, 1.54) is 5.57 Å². The number of ether oxygens (including phenoxy) is 1. The normalized spacial score (nSPS) is 11.5. The fraction of sp³-hybridized carbons (Fsp3) is 0.333. The Labute approximate surface area is 90.3 Å². The van der Waals surface area contributed by atoms with E-state index in [4.69, 9.17) is 16.3 Å². The molecule has 0 unspecified atom stereocenters. The Balaban J connectivity index is 2.93. The molecule has 0 amide bonds. The second-order valence-corrected chi connectivity index (χ2v) is 3.44. The van der Waals surface area contributed by atoms with Crippen molar-refractivity contribution in [3.8, 4) is 5.75 Å². The molecule has 14 heavy (non-hydrogen) atoms. The van der Waals surface area contributed by atoms with E-state index in [0.29, 0.717) is 5.88 Å². The number of rotatable bonds is 4. The third-order valence-corrected chi connectivity index (χ3v) is 2.31. The average Bonchev–Trinajstić information content (AvgIpc) is 2.25. The van der Waals surface area contributed by atoms with Crippen molar-refractivity contribution in [3.63, 3.8) is 0 Å². The molecule has 2 heteroatoms. The molecule has 0 radical (unpaired) electrons. The molecule has 0 aromatic heterocycles. The van der Waals surface area contributed by atoms with Crippen LogP contribution >= 0.6 is 11.6 Å². The highest BCUT2D eigenvalue weighted by molar-refractivity contribution is 6.17. The first kappa shape index (κ1) is 11.1. The van der Waals surface area contributed by atoms with Gasteiger partial charge < -0.3 is 4.74 Å². The Hall–Kier alpha value is -0.950. The largest absolute Gasteiger partial charge is 0.496 e. The second-order valence-electron chi connectivity index (χ2n) is 3.07. The summed E-state index contributed by atoms with van der Waals surface area (Å²) in [4.78, 5) is 0. The Kier molecular flexibility index (Phi) is 4.54. The fourth-order valence-electron chi connectivity index (χ4n) is 1.35. The van der Waals surface area contributed by atoms with Crippen LogP contribution < -0.4 is 4.74 Å². The maximum absolute atomic E-state index is 5.63. The number of benzene rings is 1. The van der Waals surface area contributed by atoms with Crippen LogP contribution in [0.5, 0.6) is 5.75 Å². The average molecular weight is 211 g/mol. The van der Waals surface area contributed by atoms with E-state index in [1.54, 1.807) is 7.11 Å². The summed E-state index contributed by atoms with van der Waals surface area (Å²) in [6.07, 6.45) is 3.02. The smallest absolute Gasteiger partial charge is 0.126 e. The van der Waals surface area contributed by atoms with Crippen molar-refractivity contribution in [2.45, 2.75) is 13.3 Å². The molecule has 0 aliphatic heterocycles. The predicted molar refractivity (Wildman–Crippen MR) is 62.0 cm³/mol. The van der Waals surface area contributed by atoms with Gasteiger partial charge in [-0.3, -0.25) is 0 Å². The van der Waals surface area contributed by atoms with Gasteiger partial charge >= 0.3 is 0 Å².